The molecule has 2 heterocycles. The molecule has 0 radical (unpaired) electrons. The lowest BCUT2D eigenvalue weighted by Crippen LogP contribution is -2.39. The second kappa shape index (κ2) is 6.82. The number of carbonyl (C=O) groups is 1. The predicted molar refractivity (Wildman–Crippen MR) is 84.5 cm³/mol. The molecule has 1 amide bonds. The highest BCUT2D eigenvalue weighted by Crippen LogP contribution is 2.13. The number of aromatic amines is 1. The van der Waals surface area contributed by atoms with Crippen molar-refractivity contribution in [3.63, 3.8) is 0 Å². The molecule has 1 unspecified atom stereocenters. The Morgan fingerprint density at radius 1 is 1.57 bits per heavy atom. The normalized spacial score (nSPS) is 12.5. The Kier molecular flexibility index (Phi) is 5.08. The summed E-state index contributed by atoms with van der Waals surface area (Å²) in [5.74, 6) is 0.480. The van der Waals surface area contributed by atoms with Gasteiger partial charge < -0.3 is 15.2 Å². The Balaban J connectivity index is 2.02. The van der Waals surface area contributed by atoms with Gasteiger partial charge in [-0.2, -0.15) is 0 Å². The van der Waals surface area contributed by atoms with Gasteiger partial charge in [-0.25, -0.2) is 4.98 Å². The number of likely N-dealkylation sites (N-methyl/N-ethyl adjacent to an activating group) is 1. The smallest absolute Gasteiger partial charge is 0.268 e. The predicted octanol–water partition coefficient (Wildman–Crippen LogP) is 1.33. The molecule has 0 aliphatic carbocycles. The van der Waals surface area contributed by atoms with E-state index in [1.807, 2.05) is 18.4 Å². The van der Waals surface area contributed by atoms with Crippen LogP contribution in [0.25, 0.3) is 10.2 Å². The van der Waals surface area contributed by atoms with Gasteiger partial charge in [-0.3, -0.25) is 9.59 Å². The number of aromatic nitrogens is 2. The molecule has 0 saturated heterocycles. The number of rotatable bonds is 6. The number of hydrogen-bond acceptors (Lipinski definition) is 5. The van der Waals surface area contributed by atoms with Crippen molar-refractivity contribution in [1.29, 1.82) is 0 Å². The van der Waals surface area contributed by atoms with Crippen LogP contribution >= 0.6 is 11.3 Å². The topological polar surface area (TPSA) is 78.1 Å². The van der Waals surface area contributed by atoms with E-state index in [1.54, 1.807) is 11.9 Å². The first kappa shape index (κ1) is 15.7. The summed E-state index contributed by atoms with van der Waals surface area (Å²) in [7, 11) is 1.71. The number of carbonyl (C=O) groups excluding carboxylic acids is 1. The van der Waals surface area contributed by atoms with E-state index in [0.29, 0.717) is 28.6 Å². The van der Waals surface area contributed by atoms with Gasteiger partial charge in [-0.15, -0.1) is 11.3 Å². The molecule has 2 N–H and O–H groups in total. The van der Waals surface area contributed by atoms with Crippen LogP contribution in [-0.2, 0) is 11.3 Å². The lowest BCUT2D eigenvalue weighted by atomic mass is 10.2. The molecule has 2 aromatic heterocycles. The molecule has 7 heteroatoms. The fraction of sp³-hybridized carbons (Fsp3) is 0.500. The van der Waals surface area contributed by atoms with Crippen LogP contribution in [0.4, 0.5) is 0 Å². The van der Waals surface area contributed by atoms with Crippen molar-refractivity contribution in [3.05, 3.63) is 27.6 Å². The lowest BCUT2D eigenvalue weighted by molar-refractivity contribution is -0.129. The Hall–Kier alpha value is -1.73. The van der Waals surface area contributed by atoms with Crippen LogP contribution < -0.4 is 10.9 Å². The van der Waals surface area contributed by atoms with Gasteiger partial charge in [0.2, 0.25) is 5.91 Å². The molecular formula is C14H20N4O2S. The van der Waals surface area contributed by atoms with Gasteiger partial charge >= 0.3 is 0 Å². The maximum Gasteiger partial charge on any atom is 0.268 e. The van der Waals surface area contributed by atoms with Gasteiger partial charge in [0, 0.05) is 13.1 Å². The van der Waals surface area contributed by atoms with Crippen molar-refractivity contribution in [1.82, 2.24) is 20.2 Å². The summed E-state index contributed by atoms with van der Waals surface area (Å²) in [4.78, 5) is 32.5. The third-order valence-electron chi connectivity index (χ3n) is 3.39. The van der Waals surface area contributed by atoms with Crippen LogP contribution in [0, 0.1) is 0 Å². The first-order valence-electron chi connectivity index (χ1n) is 6.95. The van der Waals surface area contributed by atoms with Crippen molar-refractivity contribution >= 4 is 27.5 Å². The summed E-state index contributed by atoms with van der Waals surface area (Å²) < 4.78 is 0.617. The number of thiophene rings is 1. The zero-order valence-electron chi connectivity index (χ0n) is 12.5. The molecular weight excluding hydrogens is 288 g/mol. The highest BCUT2D eigenvalue weighted by atomic mass is 32.1. The van der Waals surface area contributed by atoms with Crippen LogP contribution in [0.15, 0.2) is 16.2 Å². The van der Waals surface area contributed by atoms with E-state index in [1.165, 1.54) is 11.3 Å². The monoisotopic (exact) mass is 308 g/mol. The summed E-state index contributed by atoms with van der Waals surface area (Å²) in [6.45, 7) is 4.69. The molecule has 0 bridgehead atoms. The maximum absolute atomic E-state index is 12.0. The van der Waals surface area contributed by atoms with Crippen LogP contribution in [0.5, 0.6) is 0 Å². The van der Waals surface area contributed by atoms with E-state index < -0.39 is 0 Å². The molecule has 6 nitrogen and oxygen atoms in total. The summed E-state index contributed by atoms with van der Waals surface area (Å²) in [6, 6.07) is 2.12. The van der Waals surface area contributed by atoms with E-state index in [2.05, 4.69) is 22.2 Å². The second-order valence-corrected chi connectivity index (χ2v) is 6.00. The van der Waals surface area contributed by atoms with Gasteiger partial charge in [0.1, 0.15) is 10.5 Å². The number of nitrogens with one attached hydrogen (secondary N) is 2. The van der Waals surface area contributed by atoms with Crippen LogP contribution in [0.3, 0.4) is 0 Å². The maximum atomic E-state index is 12.0. The van der Waals surface area contributed by atoms with Gasteiger partial charge in [-0.1, -0.05) is 6.92 Å². The largest absolute Gasteiger partial charge is 0.337 e. The Morgan fingerprint density at radius 3 is 3.05 bits per heavy atom. The second-order valence-electron chi connectivity index (χ2n) is 5.09. The molecule has 0 aliphatic rings. The number of H-pyrrole nitrogens is 1. The minimum atomic E-state index is -0.149. The van der Waals surface area contributed by atoms with E-state index in [0.717, 1.165) is 6.42 Å². The third-order valence-corrected chi connectivity index (χ3v) is 4.29. The van der Waals surface area contributed by atoms with Gasteiger partial charge in [0.15, 0.2) is 0 Å². The molecule has 1 atom stereocenters. The van der Waals surface area contributed by atoms with Gasteiger partial charge in [0.05, 0.1) is 18.6 Å². The van der Waals surface area contributed by atoms with Gasteiger partial charge in [0.25, 0.3) is 5.56 Å². The minimum Gasteiger partial charge on any atom is -0.337 e. The van der Waals surface area contributed by atoms with E-state index in [9.17, 15) is 9.59 Å². The molecule has 0 saturated carbocycles. The molecule has 0 aromatic carbocycles. The van der Waals surface area contributed by atoms with Crippen molar-refractivity contribution < 1.29 is 4.79 Å². The summed E-state index contributed by atoms with van der Waals surface area (Å²) in [6.07, 6.45) is 0.973. The van der Waals surface area contributed by atoms with E-state index in [-0.39, 0.29) is 18.0 Å². The average molecular weight is 308 g/mol. The van der Waals surface area contributed by atoms with Crippen LogP contribution in [0.1, 0.15) is 26.1 Å². The molecule has 2 aromatic rings. The highest BCUT2D eigenvalue weighted by molar-refractivity contribution is 7.17. The quantitative estimate of drug-likeness (QED) is 0.844. The Labute approximate surface area is 127 Å². The summed E-state index contributed by atoms with van der Waals surface area (Å²) in [5.41, 5.74) is 0.529. The van der Waals surface area contributed by atoms with Crippen LogP contribution in [-0.4, -0.2) is 40.4 Å². The zero-order chi connectivity index (χ0) is 15.4. The number of hydrogen-bond donors (Lipinski definition) is 2. The summed E-state index contributed by atoms with van der Waals surface area (Å²) in [5, 5.41) is 4.99. The Bertz CT molecular complexity index is 679. The third kappa shape index (κ3) is 3.89. The summed E-state index contributed by atoms with van der Waals surface area (Å²) >= 11 is 1.36. The average Bonchev–Trinajstić information content (AvgIpc) is 2.93. The van der Waals surface area contributed by atoms with Crippen molar-refractivity contribution in [2.45, 2.75) is 32.9 Å². The molecule has 2 rings (SSSR count). The zero-order valence-corrected chi connectivity index (χ0v) is 13.3. The minimum absolute atomic E-state index is 0.0247. The van der Waals surface area contributed by atoms with Crippen molar-refractivity contribution in [2.75, 3.05) is 13.6 Å². The van der Waals surface area contributed by atoms with Crippen molar-refractivity contribution in [3.8, 4) is 0 Å². The number of nitrogens with zero attached hydrogens (tertiary/aromatic N) is 2. The fourth-order valence-corrected chi connectivity index (χ4v) is 2.58. The van der Waals surface area contributed by atoms with Crippen LogP contribution in [0.2, 0.25) is 0 Å². The molecule has 0 aliphatic heterocycles. The lowest BCUT2D eigenvalue weighted by Gasteiger charge is -2.18. The molecule has 114 valence electrons. The molecule has 0 spiro atoms. The van der Waals surface area contributed by atoms with E-state index in [4.69, 9.17) is 0 Å². The first-order chi connectivity index (χ1) is 10.0. The van der Waals surface area contributed by atoms with E-state index >= 15 is 0 Å². The first-order valence-corrected chi connectivity index (χ1v) is 7.83. The SMILES string of the molecule is CCC(C)NCC(=O)N(C)Cc1nc2ccsc2c(=O)[nH]1. The van der Waals surface area contributed by atoms with Gasteiger partial charge in [-0.05, 0) is 24.8 Å². The number of fused-ring (bicyclic) bond motifs is 1. The van der Waals surface area contributed by atoms with Crippen molar-refractivity contribution in [2.24, 2.45) is 0 Å². The Morgan fingerprint density at radius 2 is 2.33 bits per heavy atom. The number of amides is 1. The highest BCUT2D eigenvalue weighted by Gasteiger charge is 2.12. The standard InChI is InChI=1S/C14H20N4O2S/c1-4-9(2)15-7-12(19)18(3)8-11-16-10-5-6-21-13(10)14(20)17-11/h5-6,9,15H,4,7-8H2,1-3H3,(H,16,17,20). The molecule has 0 fully saturated rings. The fourth-order valence-electron chi connectivity index (χ4n) is 1.85. The molecule has 21 heavy (non-hydrogen) atoms.